The SMILES string of the molecule is CNC(=O)C1=C(C)CC[C@H](C)CN=C1. The molecule has 0 saturated carbocycles. The van der Waals surface area contributed by atoms with Crippen molar-refractivity contribution in [2.75, 3.05) is 13.6 Å². The van der Waals surface area contributed by atoms with Crippen LogP contribution in [0.2, 0.25) is 0 Å². The van der Waals surface area contributed by atoms with E-state index in [0.717, 1.165) is 30.5 Å². The zero-order valence-corrected chi connectivity index (χ0v) is 9.13. The van der Waals surface area contributed by atoms with Gasteiger partial charge in [-0.25, -0.2) is 0 Å². The lowest BCUT2D eigenvalue weighted by Gasteiger charge is -2.14. The van der Waals surface area contributed by atoms with E-state index in [1.54, 1.807) is 13.3 Å². The Bertz CT molecular complexity index is 279. The van der Waals surface area contributed by atoms with Gasteiger partial charge in [-0.05, 0) is 25.7 Å². The van der Waals surface area contributed by atoms with Crippen LogP contribution in [-0.2, 0) is 4.79 Å². The molecule has 3 heteroatoms. The summed E-state index contributed by atoms with van der Waals surface area (Å²) in [5, 5.41) is 2.64. The summed E-state index contributed by atoms with van der Waals surface area (Å²) in [6, 6.07) is 0. The predicted molar refractivity (Wildman–Crippen MR) is 58.5 cm³/mol. The average Bonchev–Trinajstić information content (AvgIpc) is 2.17. The summed E-state index contributed by atoms with van der Waals surface area (Å²) in [6.07, 6.45) is 3.82. The maximum atomic E-state index is 11.5. The molecule has 78 valence electrons. The number of carbonyl (C=O) groups excluding carboxylic acids is 1. The van der Waals surface area contributed by atoms with Crippen molar-refractivity contribution in [2.45, 2.75) is 26.7 Å². The van der Waals surface area contributed by atoms with Crippen LogP contribution in [0.4, 0.5) is 0 Å². The molecule has 0 bridgehead atoms. The van der Waals surface area contributed by atoms with Crippen LogP contribution in [0, 0.1) is 5.92 Å². The van der Waals surface area contributed by atoms with Crippen molar-refractivity contribution in [1.29, 1.82) is 0 Å². The predicted octanol–water partition coefficient (Wildman–Crippen LogP) is 1.55. The third-order valence-electron chi connectivity index (χ3n) is 2.58. The summed E-state index contributed by atoms with van der Waals surface area (Å²) in [7, 11) is 1.65. The standard InChI is InChI=1S/C11H18N2O/c1-8-4-5-9(2)10(7-13-6-8)11(14)12-3/h7-8H,4-6H2,1-3H3,(H,12,14)/t8-/m0/s1. The topological polar surface area (TPSA) is 41.5 Å². The van der Waals surface area contributed by atoms with Gasteiger partial charge in [-0.3, -0.25) is 9.79 Å². The molecule has 1 rings (SSSR count). The van der Waals surface area contributed by atoms with E-state index in [4.69, 9.17) is 0 Å². The molecule has 1 aliphatic rings. The molecule has 1 aliphatic heterocycles. The summed E-state index contributed by atoms with van der Waals surface area (Å²) < 4.78 is 0. The van der Waals surface area contributed by atoms with Crippen molar-refractivity contribution < 1.29 is 4.79 Å². The molecule has 0 aromatic heterocycles. The number of hydrogen-bond donors (Lipinski definition) is 1. The fourth-order valence-electron chi connectivity index (χ4n) is 1.51. The number of likely N-dealkylation sites (N-methyl/N-ethyl adjacent to an activating group) is 1. The molecule has 1 heterocycles. The first-order valence-electron chi connectivity index (χ1n) is 5.06. The number of rotatable bonds is 1. The second kappa shape index (κ2) is 4.94. The first kappa shape index (κ1) is 11.0. The molecule has 1 N–H and O–H groups in total. The Balaban J connectivity index is 2.85. The minimum absolute atomic E-state index is 0.0270. The van der Waals surface area contributed by atoms with Crippen molar-refractivity contribution in [1.82, 2.24) is 5.32 Å². The van der Waals surface area contributed by atoms with Crippen LogP contribution in [0.1, 0.15) is 26.7 Å². The highest BCUT2D eigenvalue weighted by Crippen LogP contribution is 2.17. The lowest BCUT2D eigenvalue weighted by Crippen LogP contribution is -2.23. The van der Waals surface area contributed by atoms with Gasteiger partial charge in [-0.1, -0.05) is 12.5 Å². The molecule has 3 nitrogen and oxygen atoms in total. The summed E-state index contributed by atoms with van der Waals surface area (Å²) in [5.74, 6) is 0.591. The normalized spacial score (nSPS) is 22.9. The van der Waals surface area contributed by atoms with Crippen LogP contribution in [0.3, 0.4) is 0 Å². The van der Waals surface area contributed by atoms with E-state index in [-0.39, 0.29) is 5.91 Å². The molecule has 0 aromatic rings. The monoisotopic (exact) mass is 194 g/mol. The van der Waals surface area contributed by atoms with Crippen LogP contribution in [0.25, 0.3) is 0 Å². The summed E-state index contributed by atoms with van der Waals surface area (Å²) in [5.41, 5.74) is 1.87. The maximum absolute atomic E-state index is 11.5. The van der Waals surface area contributed by atoms with Crippen molar-refractivity contribution in [3.05, 3.63) is 11.1 Å². The number of allylic oxidation sites excluding steroid dienone is 1. The maximum Gasteiger partial charge on any atom is 0.252 e. The minimum Gasteiger partial charge on any atom is -0.355 e. The molecule has 1 amide bonds. The van der Waals surface area contributed by atoms with E-state index < -0.39 is 0 Å². The Morgan fingerprint density at radius 1 is 1.64 bits per heavy atom. The Kier molecular flexibility index (Phi) is 3.86. The summed E-state index contributed by atoms with van der Waals surface area (Å²) >= 11 is 0. The highest BCUT2D eigenvalue weighted by molar-refractivity contribution is 6.12. The van der Waals surface area contributed by atoms with Gasteiger partial charge in [0.15, 0.2) is 0 Å². The summed E-state index contributed by atoms with van der Waals surface area (Å²) in [6.45, 7) is 5.03. The lowest BCUT2D eigenvalue weighted by molar-refractivity contribution is -0.116. The molecule has 0 aromatic carbocycles. The van der Waals surface area contributed by atoms with E-state index in [9.17, 15) is 4.79 Å². The average molecular weight is 194 g/mol. The van der Waals surface area contributed by atoms with E-state index >= 15 is 0 Å². The van der Waals surface area contributed by atoms with E-state index in [0.29, 0.717) is 5.92 Å². The quantitative estimate of drug-likeness (QED) is 0.676. The second-order valence-corrected chi connectivity index (χ2v) is 3.91. The number of nitrogens with zero attached hydrogens (tertiary/aromatic N) is 1. The molecule has 0 spiro atoms. The Morgan fingerprint density at radius 3 is 3.00 bits per heavy atom. The number of carbonyl (C=O) groups is 1. The van der Waals surface area contributed by atoms with Crippen molar-refractivity contribution in [3.8, 4) is 0 Å². The second-order valence-electron chi connectivity index (χ2n) is 3.91. The number of nitrogens with one attached hydrogen (secondary N) is 1. The van der Waals surface area contributed by atoms with Gasteiger partial charge in [0.2, 0.25) is 0 Å². The van der Waals surface area contributed by atoms with Crippen LogP contribution in [0.15, 0.2) is 16.1 Å². The molecule has 0 radical (unpaired) electrons. The van der Waals surface area contributed by atoms with Gasteiger partial charge in [0.25, 0.3) is 5.91 Å². The fraction of sp³-hybridized carbons (Fsp3) is 0.636. The molecule has 14 heavy (non-hydrogen) atoms. The zero-order chi connectivity index (χ0) is 10.6. The number of amides is 1. The molecule has 0 saturated heterocycles. The molecular formula is C11H18N2O. The molecule has 0 aliphatic carbocycles. The smallest absolute Gasteiger partial charge is 0.252 e. The highest BCUT2D eigenvalue weighted by Gasteiger charge is 2.12. The number of hydrogen-bond acceptors (Lipinski definition) is 2. The van der Waals surface area contributed by atoms with Crippen molar-refractivity contribution >= 4 is 12.1 Å². The Labute approximate surface area is 85.3 Å². The molecule has 1 atom stereocenters. The van der Waals surface area contributed by atoms with Crippen LogP contribution < -0.4 is 5.32 Å². The summed E-state index contributed by atoms with van der Waals surface area (Å²) in [4.78, 5) is 15.7. The van der Waals surface area contributed by atoms with E-state index in [1.807, 2.05) is 6.92 Å². The first-order valence-corrected chi connectivity index (χ1v) is 5.06. The van der Waals surface area contributed by atoms with Gasteiger partial charge >= 0.3 is 0 Å². The highest BCUT2D eigenvalue weighted by atomic mass is 16.1. The van der Waals surface area contributed by atoms with Gasteiger partial charge < -0.3 is 5.32 Å². The van der Waals surface area contributed by atoms with Crippen LogP contribution in [-0.4, -0.2) is 25.7 Å². The minimum atomic E-state index is -0.0270. The van der Waals surface area contributed by atoms with Gasteiger partial charge in [0.1, 0.15) is 0 Å². The fourth-order valence-corrected chi connectivity index (χ4v) is 1.51. The van der Waals surface area contributed by atoms with Crippen molar-refractivity contribution in [2.24, 2.45) is 10.9 Å². The van der Waals surface area contributed by atoms with Gasteiger partial charge in [0.05, 0.1) is 5.57 Å². The van der Waals surface area contributed by atoms with E-state index in [1.165, 1.54) is 0 Å². The largest absolute Gasteiger partial charge is 0.355 e. The molecule has 0 unspecified atom stereocenters. The Hall–Kier alpha value is -1.12. The van der Waals surface area contributed by atoms with Gasteiger partial charge in [-0.2, -0.15) is 0 Å². The van der Waals surface area contributed by atoms with Crippen LogP contribution in [0.5, 0.6) is 0 Å². The first-order chi connectivity index (χ1) is 6.65. The third-order valence-corrected chi connectivity index (χ3v) is 2.58. The molecule has 0 fully saturated rings. The third kappa shape index (κ3) is 2.69. The van der Waals surface area contributed by atoms with Crippen LogP contribution >= 0.6 is 0 Å². The molecular weight excluding hydrogens is 176 g/mol. The van der Waals surface area contributed by atoms with Crippen molar-refractivity contribution in [3.63, 3.8) is 0 Å². The van der Waals surface area contributed by atoms with E-state index in [2.05, 4.69) is 17.2 Å². The lowest BCUT2D eigenvalue weighted by atomic mass is 9.97. The zero-order valence-electron chi connectivity index (χ0n) is 9.13. The van der Waals surface area contributed by atoms with Gasteiger partial charge in [0, 0.05) is 19.8 Å². The Morgan fingerprint density at radius 2 is 2.36 bits per heavy atom. The number of aliphatic imine (C=N–C) groups is 1. The van der Waals surface area contributed by atoms with Gasteiger partial charge in [-0.15, -0.1) is 0 Å².